The molecule has 152 valence electrons. The molecule has 0 aromatic rings. The number of nitrogens with two attached hydrogens (primary N) is 1. The van der Waals surface area contributed by atoms with E-state index in [9.17, 15) is 30.7 Å². The van der Waals surface area contributed by atoms with Crippen molar-refractivity contribution in [1.82, 2.24) is 10.6 Å². The van der Waals surface area contributed by atoms with Crippen LogP contribution in [0.5, 0.6) is 0 Å². The van der Waals surface area contributed by atoms with Crippen molar-refractivity contribution in [2.75, 3.05) is 0 Å². The van der Waals surface area contributed by atoms with Crippen molar-refractivity contribution in [3.63, 3.8) is 0 Å². The fourth-order valence-electron chi connectivity index (χ4n) is 4.74. The van der Waals surface area contributed by atoms with Crippen molar-refractivity contribution < 1.29 is 30.7 Å². The molecule has 6 atom stereocenters. The molecule has 2 saturated carbocycles. The van der Waals surface area contributed by atoms with Gasteiger partial charge in [-0.2, -0.15) is 26.3 Å². The Hall–Kier alpha value is -0.610. The van der Waals surface area contributed by atoms with Crippen molar-refractivity contribution in [3.8, 4) is 0 Å². The van der Waals surface area contributed by atoms with Crippen LogP contribution in [0, 0.1) is 17.8 Å². The van der Waals surface area contributed by atoms with Gasteiger partial charge in [0, 0.05) is 18.1 Å². The second kappa shape index (κ2) is 7.09. The minimum atomic E-state index is -4.72. The Morgan fingerprint density at radius 2 is 1.46 bits per heavy atom. The summed E-state index contributed by atoms with van der Waals surface area (Å²) in [5.41, 5.74) is 6.18. The number of hydrogen-bond acceptors (Lipinski definition) is 3. The van der Waals surface area contributed by atoms with Gasteiger partial charge in [-0.1, -0.05) is 0 Å². The lowest BCUT2D eigenvalue weighted by Crippen LogP contribution is -2.55. The van der Waals surface area contributed by atoms with Crippen LogP contribution in [0.1, 0.15) is 38.5 Å². The molecule has 10 heteroatoms. The molecule has 2 aliphatic carbocycles. The lowest BCUT2D eigenvalue weighted by atomic mass is 9.75. The number of rotatable bonds is 2. The van der Waals surface area contributed by atoms with E-state index in [2.05, 4.69) is 10.6 Å². The fourth-order valence-corrected chi connectivity index (χ4v) is 4.74. The van der Waals surface area contributed by atoms with Crippen molar-refractivity contribution >= 4 is 0 Å². The highest BCUT2D eigenvalue weighted by molar-refractivity contribution is 5.07. The van der Waals surface area contributed by atoms with Crippen LogP contribution in [0.2, 0.25) is 0 Å². The largest absolute Gasteiger partial charge is 0.393 e. The Morgan fingerprint density at radius 1 is 0.846 bits per heavy atom. The van der Waals surface area contributed by atoms with E-state index in [1.807, 2.05) is 0 Å². The van der Waals surface area contributed by atoms with Crippen LogP contribution in [-0.4, -0.2) is 42.8 Å². The van der Waals surface area contributed by atoms with Gasteiger partial charge in [0.05, 0.1) is 18.0 Å². The van der Waals surface area contributed by atoms with Crippen molar-refractivity contribution in [2.24, 2.45) is 23.5 Å². The van der Waals surface area contributed by atoms with Crippen LogP contribution < -0.4 is 16.4 Å². The standard InChI is InChI=1S/C16H24F7N3/c17-9-3-1-7(2-4-9)12(24)14-25-11-6-8(15(18,19)20)5-10(13(11)26-14)16(21,22)23/h7-14,25-26H,1-6,24H2/t7?,8?,9?,10?,11?,12-,13?,14?/m0/s1. The van der Waals surface area contributed by atoms with Crippen molar-refractivity contribution in [1.29, 1.82) is 0 Å². The summed E-state index contributed by atoms with van der Waals surface area (Å²) in [6.07, 6.45) is -10.5. The van der Waals surface area contributed by atoms with E-state index in [4.69, 9.17) is 5.73 Å². The molecule has 0 aromatic heterocycles. The summed E-state index contributed by atoms with van der Waals surface area (Å²) in [6, 6.07) is -2.62. The smallest absolute Gasteiger partial charge is 0.325 e. The highest BCUT2D eigenvalue weighted by atomic mass is 19.4. The first-order valence-corrected chi connectivity index (χ1v) is 9.02. The van der Waals surface area contributed by atoms with Crippen LogP contribution in [0.3, 0.4) is 0 Å². The van der Waals surface area contributed by atoms with E-state index < -0.39 is 67.5 Å². The Bertz CT molecular complexity index is 487. The average Bonchev–Trinajstić information content (AvgIpc) is 2.96. The van der Waals surface area contributed by atoms with Crippen LogP contribution in [0.15, 0.2) is 0 Å². The molecule has 4 N–H and O–H groups in total. The Balaban J connectivity index is 1.72. The molecule has 0 amide bonds. The zero-order chi connectivity index (χ0) is 19.3. The number of nitrogens with one attached hydrogen (secondary N) is 2. The van der Waals surface area contributed by atoms with Gasteiger partial charge in [0.2, 0.25) is 0 Å². The third-order valence-electron chi connectivity index (χ3n) is 6.22. The van der Waals surface area contributed by atoms with Crippen molar-refractivity contribution in [3.05, 3.63) is 0 Å². The first-order chi connectivity index (χ1) is 12.0. The second-order valence-electron chi connectivity index (χ2n) is 7.89. The molecule has 0 spiro atoms. The molecule has 0 bridgehead atoms. The fraction of sp³-hybridized carbons (Fsp3) is 1.00. The van der Waals surface area contributed by atoms with E-state index in [0.717, 1.165) is 0 Å². The van der Waals surface area contributed by atoms with Gasteiger partial charge in [-0.3, -0.25) is 10.6 Å². The van der Waals surface area contributed by atoms with Crippen LogP contribution in [-0.2, 0) is 0 Å². The normalized spacial score (nSPS) is 43.2. The predicted octanol–water partition coefficient (Wildman–Crippen LogP) is 3.25. The maximum Gasteiger partial charge on any atom is 0.393 e. The summed E-state index contributed by atoms with van der Waals surface area (Å²) in [6.45, 7) is 0. The maximum atomic E-state index is 13.4. The van der Waals surface area contributed by atoms with E-state index >= 15 is 0 Å². The molecule has 3 nitrogen and oxygen atoms in total. The highest BCUT2D eigenvalue weighted by Crippen LogP contribution is 2.47. The third-order valence-corrected chi connectivity index (χ3v) is 6.22. The van der Waals surface area contributed by atoms with E-state index in [-0.39, 0.29) is 5.92 Å². The summed E-state index contributed by atoms with van der Waals surface area (Å²) in [5, 5.41) is 5.69. The van der Waals surface area contributed by atoms with Gasteiger partial charge in [-0.15, -0.1) is 0 Å². The number of fused-ring (bicyclic) bond motifs is 1. The molecule has 1 saturated heterocycles. The number of alkyl halides is 7. The average molecular weight is 391 g/mol. The van der Waals surface area contributed by atoms with Gasteiger partial charge in [0.1, 0.15) is 6.17 Å². The topological polar surface area (TPSA) is 50.1 Å². The Morgan fingerprint density at radius 3 is 2.00 bits per heavy atom. The minimum Gasteiger partial charge on any atom is -0.325 e. The van der Waals surface area contributed by atoms with Gasteiger partial charge >= 0.3 is 12.4 Å². The molecule has 0 radical (unpaired) electrons. The molecule has 26 heavy (non-hydrogen) atoms. The lowest BCUT2D eigenvalue weighted by Gasteiger charge is -2.39. The number of hydrogen-bond donors (Lipinski definition) is 3. The maximum absolute atomic E-state index is 13.4. The summed E-state index contributed by atoms with van der Waals surface area (Å²) in [4.78, 5) is 0. The Labute approximate surface area is 147 Å². The van der Waals surface area contributed by atoms with E-state index in [0.29, 0.717) is 25.7 Å². The first-order valence-electron chi connectivity index (χ1n) is 9.02. The Kier molecular flexibility index (Phi) is 5.49. The molecule has 1 heterocycles. The third kappa shape index (κ3) is 4.11. The number of halogens is 7. The monoisotopic (exact) mass is 391 g/mol. The molecule has 3 rings (SSSR count). The highest BCUT2D eigenvalue weighted by Gasteiger charge is 2.59. The minimum absolute atomic E-state index is 0.0603. The molecule has 0 aromatic carbocycles. The van der Waals surface area contributed by atoms with Gasteiger partial charge in [-0.25, -0.2) is 4.39 Å². The van der Waals surface area contributed by atoms with Crippen LogP contribution in [0.4, 0.5) is 30.7 Å². The molecule has 3 aliphatic rings. The van der Waals surface area contributed by atoms with Crippen LogP contribution in [0.25, 0.3) is 0 Å². The summed E-state index contributed by atoms with van der Waals surface area (Å²) in [7, 11) is 0. The first kappa shape index (κ1) is 20.1. The quantitative estimate of drug-likeness (QED) is 0.634. The van der Waals surface area contributed by atoms with E-state index in [1.54, 1.807) is 0 Å². The van der Waals surface area contributed by atoms with Gasteiger partial charge < -0.3 is 5.73 Å². The lowest BCUT2D eigenvalue weighted by molar-refractivity contribution is -0.228. The van der Waals surface area contributed by atoms with Gasteiger partial charge in [0.25, 0.3) is 0 Å². The van der Waals surface area contributed by atoms with Crippen molar-refractivity contribution in [2.45, 2.75) is 81.3 Å². The van der Waals surface area contributed by atoms with E-state index in [1.165, 1.54) is 0 Å². The molecular weight excluding hydrogens is 367 g/mol. The zero-order valence-corrected chi connectivity index (χ0v) is 14.1. The SMILES string of the molecule is N[C@@H](C1CCC(F)CC1)C1NC2CC(C(F)(F)F)CC(C(F)(F)F)C2N1. The summed E-state index contributed by atoms with van der Waals surface area (Å²) < 4.78 is 92.6. The molecular formula is C16H24F7N3. The zero-order valence-electron chi connectivity index (χ0n) is 14.1. The predicted molar refractivity (Wildman–Crippen MR) is 80.8 cm³/mol. The molecule has 1 aliphatic heterocycles. The molecule has 3 fully saturated rings. The second-order valence-corrected chi connectivity index (χ2v) is 7.89. The summed E-state index contributed by atoms with van der Waals surface area (Å²) in [5.74, 6) is -4.12. The van der Waals surface area contributed by atoms with Gasteiger partial charge in [0.15, 0.2) is 0 Å². The summed E-state index contributed by atoms with van der Waals surface area (Å²) >= 11 is 0. The van der Waals surface area contributed by atoms with Gasteiger partial charge in [-0.05, 0) is 44.4 Å². The van der Waals surface area contributed by atoms with Crippen LogP contribution >= 0.6 is 0 Å². The molecule has 5 unspecified atom stereocenters.